The number of hydrogen-bond donors (Lipinski definition) is 0. The number of benzene rings is 2. The van der Waals surface area contributed by atoms with Gasteiger partial charge in [-0.3, -0.25) is 9.78 Å². The van der Waals surface area contributed by atoms with Crippen molar-refractivity contribution in [3.8, 4) is 5.75 Å². The van der Waals surface area contributed by atoms with Gasteiger partial charge in [0.05, 0.1) is 19.0 Å². The molecule has 0 unspecified atom stereocenters. The number of carbonyl (C=O) groups excluding carboxylic acids is 1. The SMILES string of the molecule is COc1ccc(CC(=O)OCc2ccc(F)c3cccnc23)cc1. The summed E-state index contributed by atoms with van der Waals surface area (Å²) in [5, 5.41) is 0.418. The van der Waals surface area contributed by atoms with Gasteiger partial charge in [-0.05, 0) is 35.9 Å². The van der Waals surface area contributed by atoms with E-state index < -0.39 is 0 Å². The van der Waals surface area contributed by atoms with Crippen molar-refractivity contribution in [1.29, 1.82) is 0 Å². The number of halogens is 1. The maximum atomic E-state index is 13.8. The topological polar surface area (TPSA) is 48.4 Å². The molecular weight excluding hydrogens is 309 g/mol. The second-order valence-electron chi connectivity index (χ2n) is 5.29. The largest absolute Gasteiger partial charge is 0.497 e. The Labute approximate surface area is 138 Å². The zero-order valence-corrected chi connectivity index (χ0v) is 13.2. The first-order chi connectivity index (χ1) is 11.7. The molecule has 24 heavy (non-hydrogen) atoms. The Morgan fingerprint density at radius 2 is 1.92 bits per heavy atom. The smallest absolute Gasteiger partial charge is 0.310 e. The summed E-state index contributed by atoms with van der Waals surface area (Å²) in [7, 11) is 1.59. The summed E-state index contributed by atoms with van der Waals surface area (Å²) in [5.41, 5.74) is 2.02. The van der Waals surface area contributed by atoms with Crippen LogP contribution in [0, 0.1) is 5.82 Å². The molecule has 0 bridgehead atoms. The van der Waals surface area contributed by atoms with E-state index in [1.54, 1.807) is 43.6 Å². The second-order valence-corrected chi connectivity index (χ2v) is 5.29. The average Bonchev–Trinajstić information content (AvgIpc) is 2.62. The van der Waals surface area contributed by atoms with Crippen LogP contribution in [0.3, 0.4) is 0 Å². The lowest BCUT2D eigenvalue weighted by Gasteiger charge is -2.08. The fraction of sp³-hybridized carbons (Fsp3) is 0.158. The van der Waals surface area contributed by atoms with Crippen LogP contribution in [0.2, 0.25) is 0 Å². The van der Waals surface area contributed by atoms with E-state index in [0.717, 1.165) is 11.3 Å². The van der Waals surface area contributed by atoms with Crippen molar-refractivity contribution in [2.75, 3.05) is 7.11 Å². The van der Waals surface area contributed by atoms with Crippen molar-refractivity contribution in [2.24, 2.45) is 0 Å². The van der Waals surface area contributed by atoms with E-state index in [4.69, 9.17) is 9.47 Å². The van der Waals surface area contributed by atoms with Gasteiger partial charge in [0, 0.05) is 17.1 Å². The van der Waals surface area contributed by atoms with Gasteiger partial charge < -0.3 is 9.47 Å². The summed E-state index contributed by atoms with van der Waals surface area (Å²) in [6.07, 6.45) is 1.75. The molecule has 0 amide bonds. The number of hydrogen-bond acceptors (Lipinski definition) is 4. The molecule has 0 aliphatic rings. The second kappa shape index (κ2) is 7.08. The molecule has 0 aliphatic heterocycles. The van der Waals surface area contributed by atoms with Crippen LogP contribution in [0.1, 0.15) is 11.1 Å². The summed E-state index contributed by atoms with van der Waals surface area (Å²) < 4.78 is 24.1. The molecule has 0 aliphatic carbocycles. The highest BCUT2D eigenvalue weighted by Crippen LogP contribution is 2.20. The van der Waals surface area contributed by atoms with E-state index in [1.165, 1.54) is 6.07 Å². The molecule has 0 saturated heterocycles. The number of esters is 1. The first-order valence-corrected chi connectivity index (χ1v) is 7.48. The summed E-state index contributed by atoms with van der Waals surface area (Å²) >= 11 is 0. The van der Waals surface area contributed by atoms with E-state index >= 15 is 0 Å². The summed E-state index contributed by atoms with van der Waals surface area (Å²) in [6.45, 7) is 0.0583. The highest BCUT2D eigenvalue weighted by atomic mass is 19.1. The van der Waals surface area contributed by atoms with Crippen LogP contribution in [0.5, 0.6) is 5.75 Å². The number of fused-ring (bicyclic) bond motifs is 1. The Kier molecular flexibility index (Phi) is 4.70. The van der Waals surface area contributed by atoms with Crippen LogP contribution in [0.25, 0.3) is 10.9 Å². The van der Waals surface area contributed by atoms with E-state index in [0.29, 0.717) is 16.5 Å². The van der Waals surface area contributed by atoms with Crippen molar-refractivity contribution < 1.29 is 18.7 Å². The lowest BCUT2D eigenvalue weighted by atomic mass is 10.1. The first-order valence-electron chi connectivity index (χ1n) is 7.48. The Hall–Kier alpha value is -2.95. The maximum absolute atomic E-state index is 13.8. The molecule has 3 aromatic rings. The van der Waals surface area contributed by atoms with Crippen LogP contribution in [0.15, 0.2) is 54.7 Å². The molecule has 4 nitrogen and oxygen atoms in total. The number of methoxy groups -OCH3 is 1. The normalized spacial score (nSPS) is 10.6. The molecule has 0 saturated carbocycles. The van der Waals surface area contributed by atoms with E-state index in [2.05, 4.69) is 4.98 Å². The molecule has 0 spiro atoms. The fourth-order valence-electron chi connectivity index (χ4n) is 2.43. The molecule has 1 aromatic heterocycles. The highest BCUT2D eigenvalue weighted by molar-refractivity contribution is 5.82. The Morgan fingerprint density at radius 3 is 2.67 bits per heavy atom. The van der Waals surface area contributed by atoms with Gasteiger partial charge in [0.2, 0.25) is 0 Å². The van der Waals surface area contributed by atoms with E-state index in [9.17, 15) is 9.18 Å². The predicted molar refractivity (Wildman–Crippen MR) is 88.2 cm³/mol. The first kappa shape index (κ1) is 15.9. The van der Waals surface area contributed by atoms with Crippen LogP contribution in [0.4, 0.5) is 4.39 Å². The van der Waals surface area contributed by atoms with Crippen molar-refractivity contribution in [1.82, 2.24) is 4.98 Å². The van der Waals surface area contributed by atoms with Crippen molar-refractivity contribution >= 4 is 16.9 Å². The number of rotatable bonds is 5. The number of aromatic nitrogens is 1. The van der Waals surface area contributed by atoms with Crippen LogP contribution in [-0.4, -0.2) is 18.1 Å². The van der Waals surface area contributed by atoms with E-state index in [1.807, 2.05) is 12.1 Å². The minimum Gasteiger partial charge on any atom is -0.497 e. The van der Waals surface area contributed by atoms with Gasteiger partial charge in [0.1, 0.15) is 18.2 Å². The van der Waals surface area contributed by atoms with Crippen LogP contribution < -0.4 is 4.74 Å². The van der Waals surface area contributed by atoms with Gasteiger partial charge in [-0.1, -0.05) is 18.2 Å². The molecule has 0 fully saturated rings. The van der Waals surface area contributed by atoms with Crippen molar-refractivity contribution in [3.63, 3.8) is 0 Å². The molecule has 1 heterocycles. The number of ether oxygens (including phenoxy) is 2. The highest BCUT2D eigenvalue weighted by Gasteiger charge is 2.10. The average molecular weight is 325 g/mol. The minimum absolute atomic E-state index is 0.0583. The minimum atomic E-state index is -0.353. The molecule has 5 heteroatoms. The van der Waals surface area contributed by atoms with Gasteiger partial charge in [-0.15, -0.1) is 0 Å². The summed E-state index contributed by atoms with van der Waals surface area (Å²) in [4.78, 5) is 16.2. The molecule has 122 valence electrons. The van der Waals surface area contributed by atoms with Crippen molar-refractivity contribution in [2.45, 2.75) is 13.0 Å². The molecule has 0 atom stereocenters. The van der Waals surface area contributed by atoms with Gasteiger partial charge in [-0.2, -0.15) is 0 Å². The summed E-state index contributed by atoms with van der Waals surface area (Å²) in [5.74, 6) is 0.0379. The van der Waals surface area contributed by atoms with Gasteiger partial charge in [0.15, 0.2) is 0 Å². The Morgan fingerprint density at radius 1 is 1.12 bits per heavy atom. The summed E-state index contributed by atoms with van der Waals surface area (Å²) in [6, 6.07) is 13.5. The maximum Gasteiger partial charge on any atom is 0.310 e. The third-order valence-electron chi connectivity index (χ3n) is 3.70. The number of carbonyl (C=O) groups is 1. The third-order valence-corrected chi connectivity index (χ3v) is 3.70. The molecule has 3 rings (SSSR count). The third kappa shape index (κ3) is 3.51. The Balaban J connectivity index is 1.67. The number of nitrogens with zero attached hydrogens (tertiary/aromatic N) is 1. The van der Waals surface area contributed by atoms with E-state index in [-0.39, 0.29) is 24.8 Å². The predicted octanol–water partition coefficient (Wildman–Crippen LogP) is 3.67. The fourth-order valence-corrected chi connectivity index (χ4v) is 2.43. The molecular formula is C19H16FNO3. The van der Waals surface area contributed by atoms with Crippen molar-refractivity contribution in [3.05, 3.63) is 71.7 Å². The van der Waals surface area contributed by atoms with Crippen LogP contribution in [-0.2, 0) is 22.6 Å². The standard InChI is InChI=1S/C19H16FNO3/c1-23-15-7-4-13(5-8-15)11-18(22)24-12-14-6-9-17(20)16-3-2-10-21-19(14)16/h2-10H,11-12H2,1H3. The monoisotopic (exact) mass is 325 g/mol. The molecule has 2 aromatic carbocycles. The lowest BCUT2D eigenvalue weighted by molar-refractivity contribution is -0.144. The Bertz CT molecular complexity index is 862. The van der Waals surface area contributed by atoms with Gasteiger partial charge in [0.25, 0.3) is 0 Å². The number of pyridine rings is 1. The molecule has 0 N–H and O–H groups in total. The quantitative estimate of drug-likeness (QED) is 0.672. The molecule has 0 radical (unpaired) electrons. The lowest BCUT2D eigenvalue weighted by Crippen LogP contribution is -2.08. The van der Waals surface area contributed by atoms with Gasteiger partial charge in [-0.25, -0.2) is 4.39 Å². The zero-order valence-electron chi connectivity index (χ0n) is 13.2. The zero-order chi connectivity index (χ0) is 16.9. The van der Waals surface area contributed by atoms with Gasteiger partial charge >= 0.3 is 5.97 Å². The van der Waals surface area contributed by atoms with Crippen LogP contribution >= 0.6 is 0 Å².